The van der Waals surface area contributed by atoms with Gasteiger partial charge in [-0.25, -0.2) is 4.79 Å². The van der Waals surface area contributed by atoms with Gasteiger partial charge in [0.1, 0.15) is 11.5 Å². The minimum absolute atomic E-state index is 0.0122. The summed E-state index contributed by atoms with van der Waals surface area (Å²) in [6, 6.07) is 8.11. The van der Waals surface area contributed by atoms with Crippen molar-refractivity contribution in [2.45, 2.75) is 24.8 Å². The molecule has 0 aliphatic carbocycles. The van der Waals surface area contributed by atoms with Crippen molar-refractivity contribution in [3.05, 3.63) is 88.7 Å². The summed E-state index contributed by atoms with van der Waals surface area (Å²) in [6.07, 6.45) is -8.04. The number of alkyl halides is 6. The number of nitrogens with zero attached hydrogens (tertiary/aromatic N) is 1. The van der Waals surface area contributed by atoms with Crippen molar-refractivity contribution in [2.24, 2.45) is 0 Å². The number of methoxy groups -OCH3 is 2. The van der Waals surface area contributed by atoms with Crippen LogP contribution in [0.25, 0.3) is 0 Å². The summed E-state index contributed by atoms with van der Waals surface area (Å²) in [5.74, 6) is 1.12. The number of hydrogen-bond acceptors (Lipinski definition) is 4. The summed E-state index contributed by atoms with van der Waals surface area (Å²) >= 11 is 0. The quantitative estimate of drug-likeness (QED) is 0.365. The third kappa shape index (κ3) is 7.05. The number of pyridine rings is 1. The lowest BCUT2D eigenvalue weighted by atomic mass is 9.98. The van der Waals surface area contributed by atoms with E-state index in [9.17, 15) is 31.1 Å². The Morgan fingerprint density at radius 2 is 1.65 bits per heavy atom. The van der Waals surface area contributed by atoms with Crippen molar-refractivity contribution >= 4 is 6.03 Å². The van der Waals surface area contributed by atoms with E-state index in [1.54, 1.807) is 18.2 Å². The zero-order valence-corrected chi connectivity index (χ0v) is 19.7. The molecule has 0 saturated heterocycles. The molecule has 2 N–H and O–H groups in total. The minimum atomic E-state index is -4.81. The first-order valence-electron chi connectivity index (χ1n) is 10.9. The average Bonchev–Trinajstić information content (AvgIpc) is 2.86. The van der Waals surface area contributed by atoms with Crippen molar-refractivity contribution in [3.63, 3.8) is 0 Å². The van der Waals surface area contributed by atoms with Crippen molar-refractivity contribution in [2.75, 3.05) is 20.8 Å². The van der Waals surface area contributed by atoms with Crippen molar-refractivity contribution in [1.29, 1.82) is 0 Å². The predicted molar refractivity (Wildman–Crippen MR) is 122 cm³/mol. The lowest BCUT2D eigenvalue weighted by molar-refractivity contribution is -0.139. The van der Waals surface area contributed by atoms with E-state index in [0.29, 0.717) is 23.5 Å². The van der Waals surface area contributed by atoms with Gasteiger partial charge in [0.05, 0.1) is 37.1 Å². The molecule has 1 unspecified atom stereocenters. The normalized spacial score (nSPS) is 12.5. The summed E-state index contributed by atoms with van der Waals surface area (Å²) in [5, 5.41) is 4.96. The molecule has 37 heavy (non-hydrogen) atoms. The van der Waals surface area contributed by atoms with Gasteiger partial charge < -0.3 is 20.1 Å². The number of rotatable bonds is 8. The maximum Gasteiger partial charge on any atom is 0.418 e. The van der Waals surface area contributed by atoms with Crippen molar-refractivity contribution < 1.29 is 40.6 Å². The van der Waals surface area contributed by atoms with Gasteiger partial charge in [0.2, 0.25) is 0 Å². The summed E-state index contributed by atoms with van der Waals surface area (Å²) in [4.78, 5) is 16.5. The molecule has 6 nitrogen and oxygen atoms in total. The summed E-state index contributed by atoms with van der Waals surface area (Å²) in [6.45, 7) is 0.0729. The van der Waals surface area contributed by atoms with E-state index in [1.807, 2.05) is 0 Å². The van der Waals surface area contributed by atoms with E-state index in [4.69, 9.17) is 9.47 Å². The van der Waals surface area contributed by atoms with Gasteiger partial charge >= 0.3 is 18.4 Å². The van der Waals surface area contributed by atoms with Gasteiger partial charge in [-0.2, -0.15) is 26.3 Å². The molecule has 0 bridgehead atoms. The number of carbonyl (C=O) groups is 1. The minimum Gasteiger partial charge on any atom is -0.497 e. The fourth-order valence-electron chi connectivity index (χ4n) is 3.63. The topological polar surface area (TPSA) is 72.5 Å². The van der Waals surface area contributed by atoms with Gasteiger partial charge in [0, 0.05) is 12.7 Å². The zero-order chi connectivity index (χ0) is 27.2. The van der Waals surface area contributed by atoms with Gasteiger partial charge in [-0.3, -0.25) is 4.98 Å². The van der Waals surface area contributed by atoms with Gasteiger partial charge in [0.15, 0.2) is 0 Å². The highest BCUT2D eigenvalue weighted by atomic mass is 19.4. The zero-order valence-electron chi connectivity index (χ0n) is 19.7. The van der Waals surface area contributed by atoms with Crippen molar-refractivity contribution in [1.82, 2.24) is 15.6 Å². The van der Waals surface area contributed by atoms with Gasteiger partial charge in [-0.05, 0) is 60.0 Å². The second kappa shape index (κ2) is 11.4. The van der Waals surface area contributed by atoms with E-state index >= 15 is 0 Å². The first-order valence-corrected chi connectivity index (χ1v) is 10.9. The lowest BCUT2D eigenvalue weighted by Crippen LogP contribution is -2.40. The fourth-order valence-corrected chi connectivity index (χ4v) is 3.63. The van der Waals surface area contributed by atoms with Crippen LogP contribution in [0, 0.1) is 0 Å². The van der Waals surface area contributed by atoms with Gasteiger partial charge in [-0.15, -0.1) is 0 Å². The Bertz CT molecular complexity index is 1210. The Kier molecular flexibility index (Phi) is 8.51. The number of aromatic nitrogens is 1. The molecule has 2 amide bonds. The summed E-state index contributed by atoms with van der Waals surface area (Å²) in [5.41, 5.74) is -1.96. The number of amides is 2. The fraction of sp³-hybridized carbons (Fsp3) is 0.280. The molecule has 0 spiro atoms. The average molecular weight is 527 g/mol. The Hall–Kier alpha value is -3.96. The maximum absolute atomic E-state index is 13.7. The van der Waals surface area contributed by atoms with Crippen LogP contribution in [0.2, 0.25) is 0 Å². The molecule has 0 aliphatic rings. The molecule has 12 heteroatoms. The first-order chi connectivity index (χ1) is 17.4. The van der Waals surface area contributed by atoms with E-state index in [2.05, 4.69) is 15.6 Å². The van der Waals surface area contributed by atoms with Crippen LogP contribution >= 0.6 is 0 Å². The molecule has 0 radical (unpaired) electrons. The predicted octanol–water partition coefficient (Wildman–Crippen LogP) is 5.77. The number of carbonyl (C=O) groups excluding carboxylic acids is 1. The SMILES string of the molecule is COc1ccc(OC)c(CCNC(=O)NC(c2ccc(C(F)(F)F)cc2)c2ncccc2C(F)(F)F)c1. The van der Waals surface area contributed by atoms with Crippen LogP contribution in [0.4, 0.5) is 31.1 Å². The second-order valence-electron chi connectivity index (χ2n) is 7.81. The molecule has 3 rings (SSSR count). The third-order valence-corrected chi connectivity index (χ3v) is 5.43. The highest BCUT2D eigenvalue weighted by molar-refractivity contribution is 5.75. The van der Waals surface area contributed by atoms with Crippen LogP contribution in [0.3, 0.4) is 0 Å². The molecule has 0 fully saturated rings. The Morgan fingerprint density at radius 3 is 2.24 bits per heavy atom. The van der Waals surface area contributed by atoms with E-state index in [-0.39, 0.29) is 12.1 Å². The standard InChI is InChI=1S/C25H23F6N3O3/c1-36-18-9-10-20(37-2)16(14-18)11-13-33-23(35)34-21(15-5-7-17(8-6-15)24(26,27)28)22-19(25(29,30)31)4-3-12-32-22/h3-10,12,14,21H,11,13H2,1-2H3,(H2,33,34,35). The van der Waals surface area contributed by atoms with Crippen LogP contribution in [-0.4, -0.2) is 31.8 Å². The summed E-state index contributed by atoms with van der Waals surface area (Å²) < 4.78 is 90.5. The van der Waals surface area contributed by atoms with Gasteiger partial charge in [0.25, 0.3) is 0 Å². The number of halogens is 6. The number of benzene rings is 2. The van der Waals surface area contributed by atoms with Crippen LogP contribution < -0.4 is 20.1 Å². The van der Waals surface area contributed by atoms with Crippen LogP contribution in [0.1, 0.15) is 34.0 Å². The molecular formula is C25H23F6N3O3. The highest BCUT2D eigenvalue weighted by Crippen LogP contribution is 2.36. The molecule has 0 saturated carbocycles. The van der Waals surface area contributed by atoms with E-state index in [0.717, 1.165) is 42.6 Å². The Balaban J connectivity index is 1.84. The Morgan fingerprint density at radius 1 is 0.946 bits per heavy atom. The first kappa shape index (κ1) is 27.6. The molecule has 1 heterocycles. The smallest absolute Gasteiger partial charge is 0.418 e. The number of ether oxygens (including phenoxy) is 2. The van der Waals surface area contributed by atoms with Crippen LogP contribution in [-0.2, 0) is 18.8 Å². The Labute approximate surface area is 208 Å². The molecule has 3 aromatic rings. The lowest BCUT2D eigenvalue weighted by Gasteiger charge is -2.23. The third-order valence-electron chi connectivity index (χ3n) is 5.43. The molecule has 1 atom stereocenters. The highest BCUT2D eigenvalue weighted by Gasteiger charge is 2.37. The molecule has 0 aliphatic heterocycles. The van der Waals surface area contributed by atoms with Crippen molar-refractivity contribution in [3.8, 4) is 11.5 Å². The summed E-state index contributed by atoms with van der Waals surface area (Å²) in [7, 11) is 2.97. The molecular weight excluding hydrogens is 504 g/mol. The van der Waals surface area contributed by atoms with E-state index in [1.165, 1.54) is 14.2 Å². The monoisotopic (exact) mass is 527 g/mol. The number of hydrogen-bond donors (Lipinski definition) is 2. The molecule has 198 valence electrons. The molecule has 1 aromatic heterocycles. The second-order valence-corrected chi connectivity index (χ2v) is 7.81. The van der Waals surface area contributed by atoms with Crippen LogP contribution in [0.5, 0.6) is 11.5 Å². The van der Waals surface area contributed by atoms with E-state index < -0.39 is 41.2 Å². The van der Waals surface area contributed by atoms with Crippen LogP contribution in [0.15, 0.2) is 60.8 Å². The molecule has 2 aromatic carbocycles. The number of nitrogens with one attached hydrogen (secondary N) is 2. The van der Waals surface area contributed by atoms with Gasteiger partial charge in [-0.1, -0.05) is 12.1 Å². The maximum atomic E-state index is 13.7. The number of urea groups is 1. The largest absolute Gasteiger partial charge is 0.497 e.